The fourth-order valence-corrected chi connectivity index (χ4v) is 11.4. The maximum absolute atomic E-state index is 13.1. The lowest BCUT2D eigenvalue weighted by Crippen LogP contribution is -2.52. The van der Waals surface area contributed by atoms with Gasteiger partial charge in [0.05, 0.1) is 11.0 Å². The van der Waals surface area contributed by atoms with E-state index in [9.17, 15) is 32.9 Å². The quantitative estimate of drug-likeness (QED) is 0.102. The number of anilines is 2. The summed E-state index contributed by atoms with van der Waals surface area (Å²) in [5.74, 6) is 0. The van der Waals surface area contributed by atoms with E-state index in [-0.39, 0.29) is 6.42 Å². The number of fused-ring (bicyclic) bond motifs is 2. The van der Waals surface area contributed by atoms with Gasteiger partial charge in [-0.3, -0.25) is 24.3 Å². The Balaban J connectivity index is 1.14. The van der Waals surface area contributed by atoms with Gasteiger partial charge in [-0.05, 0) is 48.5 Å². The van der Waals surface area contributed by atoms with Crippen LogP contribution in [0, 0.1) is 0 Å². The first kappa shape index (κ1) is 41.6. The third-order valence-electron chi connectivity index (χ3n) is 8.71. The average molecular weight is 871 g/mol. The highest BCUT2D eigenvalue weighted by atomic mass is 35.5. The monoisotopic (exact) mass is 870 g/mol. The number of nitrogens with zero attached hydrogens (tertiary/aromatic N) is 6. The van der Waals surface area contributed by atoms with Crippen molar-refractivity contribution in [2.75, 3.05) is 68.7 Å². The van der Waals surface area contributed by atoms with Crippen LogP contribution in [0.4, 0.5) is 11.4 Å². The Morgan fingerprint density at radius 2 is 1.09 bits per heavy atom. The van der Waals surface area contributed by atoms with E-state index in [0.717, 1.165) is 27.7 Å². The summed E-state index contributed by atoms with van der Waals surface area (Å²) in [6, 6.07) is 14.7. The van der Waals surface area contributed by atoms with Gasteiger partial charge in [-0.1, -0.05) is 23.2 Å². The van der Waals surface area contributed by atoms with E-state index in [1.165, 1.54) is 0 Å². The van der Waals surface area contributed by atoms with Crippen LogP contribution in [0.5, 0.6) is 0 Å². The van der Waals surface area contributed by atoms with Crippen molar-refractivity contribution in [3.63, 3.8) is 0 Å². The lowest BCUT2D eigenvalue weighted by molar-refractivity contribution is -0.0112. The van der Waals surface area contributed by atoms with Crippen LogP contribution in [0.1, 0.15) is 6.42 Å². The van der Waals surface area contributed by atoms with Gasteiger partial charge >= 0.3 is 31.3 Å². The number of piperazine rings is 2. The molecule has 0 saturated carbocycles. The number of rotatable bonds is 14. The van der Waals surface area contributed by atoms with E-state index in [0.29, 0.717) is 74.5 Å². The molecule has 4 heterocycles. The van der Waals surface area contributed by atoms with Gasteiger partial charge in [-0.2, -0.15) is 12.9 Å². The third kappa shape index (κ3) is 11.1. The molecule has 25 heteroatoms. The zero-order valence-corrected chi connectivity index (χ0v) is 33.2. The lowest BCUT2D eigenvalue weighted by Gasteiger charge is -2.41. The summed E-state index contributed by atoms with van der Waals surface area (Å²) in [5, 5.41) is 2.96. The van der Waals surface area contributed by atoms with Crippen LogP contribution in [0.25, 0.3) is 21.8 Å². The van der Waals surface area contributed by atoms with Crippen molar-refractivity contribution < 1.29 is 60.2 Å². The molecule has 6 rings (SSSR count). The first-order valence-corrected chi connectivity index (χ1v) is 23.0. The Bertz CT molecular complexity index is 2190. The molecule has 54 heavy (non-hydrogen) atoms. The SMILES string of the molecule is O=P(O)(O)OP(=O)(O)OP(=O)(O)OP(=O)(O)OC(CCN1CCN(c2ccnc3cc(Cl)ccc23)CC1)N1CCN(c2ccnc3cc(Cl)ccc23)CC1. The smallest absolute Gasteiger partial charge is 0.368 e. The predicted molar refractivity (Wildman–Crippen MR) is 200 cm³/mol. The molecule has 4 aromatic rings. The van der Waals surface area contributed by atoms with E-state index in [4.69, 9.17) is 37.5 Å². The van der Waals surface area contributed by atoms with Crippen LogP contribution in [0.3, 0.4) is 0 Å². The van der Waals surface area contributed by atoms with E-state index >= 15 is 0 Å². The van der Waals surface area contributed by atoms with Crippen molar-refractivity contribution in [3.05, 3.63) is 71.0 Å². The molecule has 0 amide bonds. The second-order valence-corrected chi connectivity index (χ2v) is 19.2. The zero-order valence-electron chi connectivity index (χ0n) is 28.2. The highest BCUT2D eigenvalue weighted by Crippen LogP contribution is 2.71. The number of hydrogen-bond donors (Lipinski definition) is 5. The van der Waals surface area contributed by atoms with Crippen LogP contribution >= 0.6 is 54.5 Å². The second-order valence-electron chi connectivity index (χ2n) is 12.3. The van der Waals surface area contributed by atoms with Crippen molar-refractivity contribution in [2.24, 2.45) is 0 Å². The number of pyridine rings is 2. The summed E-state index contributed by atoms with van der Waals surface area (Å²) in [6.07, 6.45) is 2.35. The van der Waals surface area contributed by atoms with Gasteiger partial charge in [0, 0.05) is 110 Å². The molecule has 2 aromatic heterocycles. The van der Waals surface area contributed by atoms with Crippen LogP contribution < -0.4 is 9.80 Å². The Hall–Kier alpha value is -2.08. The molecule has 19 nitrogen and oxygen atoms in total. The first-order chi connectivity index (χ1) is 25.4. The molecule has 2 saturated heterocycles. The van der Waals surface area contributed by atoms with Crippen LogP contribution in [-0.2, 0) is 35.7 Å². The molecule has 2 aliphatic heterocycles. The fraction of sp³-hybridized carbons (Fsp3) is 0.379. The van der Waals surface area contributed by atoms with Crippen LogP contribution in [0.15, 0.2) is 60.9 Å². The molecular weight excluding hydrogens is 835 g/mol. The summed E-state index contributed by atoms with van der Waals surface area (Å²) in [4.78, 5) is 64.7. The predicted octanol–water partition coefficient (Wildman–Crippen LogP) is 5.21. The molecule has 0 radical (unpaired) electrons. The molecule has 4 unspecified atom stereocenters. The number of aromatic nitrogens is 2. The molecule has 5 N–H and O–H groups in total. The van der Waals surface area contributed by atoms with Crippen molar-refractivity contribution in [3.8, 4) is 0 Å². The van der Waals surface area contributed by atoms with E-state index in [1.54, 1.807) is 35.5 Å². The highest BCUT2D eigenvalue weighted by Gasteiger charge is 2.46. The topological polar surface area (TPSA) is 245 Å². The number of benzene rings is 2. The summed E-state index contributed by atoms with van der Waals surface area (Å²) in [6.45, 7) is 4.42. The Morgan fingerprint density at radius 3 is 1.59 bits per heavy atom. The number of hydrogen-bond acceptors (Lipinski definition) is 14. The van der Waals surface area contributed by atoms with Gasteiger partial charge in [-0.15, -0.1) is 0 Å². The van der Waals surface area contributed by atoms with E-state index in [1.807, 2.05) is 30.3 Å². The Kier molecular flexibility index (Phi) is 12.9. The first-order valence-electron chi connectivity index (χ1n) is 16.3. The molecule has 0 spiro atoms. The zero-order chi connectivity index (χ0) is 38.9. The van der Waals surface area contributed by atoms with Gasteiger partial charge in [0.25, 0.3) is 0 Å². The normalized spacial score (nSPS) is 20.4. The Morgan fingerprint density at radius 1 is 0.630 bits per heavy atom. The summed E-state index contributed by atoms with van der Waals surface area (Å²) in [7, 11) is -23.2. The maximum atomic E-state index is 13.1. The minimum Gasteiger partial charge on any atom is -0.368 e. The van der Waals surface area contributed by atoms with Crippen LogP contribution in [-0.4, -0.2) is 109 Å². The fourth-order valence-electron chi connectivity index (χ4n) is 6.42. The minimum absolute atomic E-state index is 0.123. The summed E-state index contributed by atoms with van der Waals surface area (Å²) >= 11 is 12.3. The third-order valence-corrected chi connectivity index (χ3v) is 14.7. The largest absolute Gasteiger partial charge is 0.490 e. The van der Waals surface area contributed by atoms with Gasteiger partial charge in [-0.25, -0.2) is 18.3 Å². The molecule has 2 aromatic carbocycles. The van der Waals surface area contributed by atoms with Gasteiger partial charge in [0.15, 0.2) is 0 Å². The highest BCUT2D eigenvalue weighted by molar-refractivity contribution is 7.69. The lowest BCUT2D eigenvalue weighted by atomic mass is 10.1. The molecule has 2 aliphatic rings. The van der Waals surface area contributed by atoms with E-state index < -0.39 is 37.5 Å². The van der Waals surface area contributed by atoms with Crippen LogP contribution in [0.2, 0.25) is 10.0 Å². The van der Waals surface area contributed by atoms with Crippen molar-refractivity contribution in [1.82, 2.24) is 19.8 Å². The van der Waals surface area contributed by atoms with E-state index in [2.05, 4.69) is 37.6 Å². The maximum Gasteiger partial charge on any atom is 0.490 e. The van der Waals surface area contributed by atoms with Gasteiger partial charge < -0.3 is 34.3 Å². The average Bonchev–Trinajstić information content (AvgIpc) is 3.07. The molecule has 2 fully saturated rings. The minimum atomic E-state index is -5.99. The molecule has 4 atom stereocenters. The summed E-state index contributed by atoms with van der Waals surface area (Å²) in [5.41, 5.74) is 3.39. The number of halogens is 2. The summed E-state index contributed by atoms with van der Waals surface area (Å²) < 4.78 is 65.4. The van der Waals surface area contributed by atoms with Crippen molar-refractivity contribution in [2.45, 2.75) is 12.6 Å². The second kappa shape index (κ2) is 16.8. The van der Waals surface area contributed by atoms with Gasteiger partial charge in [0.1, 0.15) is 6.23 Å². The molecule has 294 valence electrons. The van der Waals surface area contributed by atoms with Gasteiger partial charge in [0.2, 0.25) is 0 Å². The number of phosphoric ester groups is 1. The molecular formula is C29H36Cl2N6O13P4. The standard InChI is InChI=1S/C29H36Cl2N6O13P4/c30-21-1-3-23-25(19-21)32-8-5-27(23)35-13-11-34(12-14-35)10-7-29(47-52(41,42)49-54(45,46)50-53(43,44)48-51(38,39)40)37-17-15-36(16-18-37)28-6-9-33-26-20-22(31)2-4-24(26)28/h1-6,8-9,19-20,29H,7,10-18H2,(H,41,42)(H,43,44)(H,45,46)(H2,38,39,40). The molecule has 0 aliphatic carbocycles. The van der Waals surface area contributed by atoms with Crippen molar-refractivity contribution in [1.29, 1.82) is 0 Å². The van der Waals surface area contributed by atoms with Crippen molar-refractivity contribution >= 4 is 87.7 Å². The molecule has 0 bridgehead atoms. The Labute approximate surface area is 319 Å². The number of phosphoric acid groups is 4.